The molecule has 0 aliphatic heterocycles. The molecule has 1 aromatic carbocycles. The van der Waals surface area contributed by atoms with Crippen molar-refractivity contribution in [3.8, 4) is 34.3 Å². The lowest BCUT2D eigenvalue weighted by molar-refractivity contribution is -0.138. The quantitative estimate of drug-likeness (QED) is 0.375. The van der Waals surface area contributed by atoms with E-state index in [-0.39, 0.29) is 18.4 Å². The van der Waals surface area contributed by atoms with E-state index in [2.05, 4.69) is 19.9 Å². The van der Waals surface area contributed by atoms with E-state index in [1.54, 1.807) is 30.5 Å². The first-order valence-corrected chi connectivity index (χ1v) is 11.5. The maximum atomic E-state index is 15.0. The molecular formula is C26H25FN4O4. The fourth-order valence-electron chi connectivity index (χ4n) is 4.50. The topological polar surface area (TPSA) is 110 Å². The van der Waals surface area contributed by atoms with Gasteiger partial charge in [-0.1, -0.05) is 6.07 Å². The highest BCUT2D eigenvalue weighted by molar-refractivity contribution is 5.77. The summed E-state index contributed by atoms with van der Waals surface area (Å²) in [5.74, 6) is 0.414. The number of aromatic amines is 1. The van der Waals surface area contributed by atoms with Crippen LogP contribution in [0.25, 0.3) is 33.7 Å². The molecule has 9 heteroatoms. The maximum Gasteiger partial charge on any atom is 0.303 e. The van der Waals surface area contributed by atoms with Gasteiger partial charge in [0.05, 0.1) is 18.2 Å². The van der Waals surface area contributed by atoms with Crippen LogP contribution < -0.4 is 9.47 Å². The minimum Gasteiger partial charge on any atom is -0.481 e. The van der Waals surface area contributed by atoms with Crippen LogP contribution in [0.2, 0.25) is 0 Å². The Labute approximate surface area is 201 Å². The van der Waals surface area contributed by atoms with E-state index in [1.165, 1.54) is 13.2 Å². The van der Waals surface area contributed by atoms with Gasteiger partial charge < -0.3 is 19.6 Å². The molecule has 1 fully saturated rings. The lowest BCUT2D eigenvalue weighted by Gasteiger charge is -2.27. The zero-order valence-corrected chi connectivity index (χ0v) is 19.2. The van der Waals surface area contributed by atoms with Gasteiger partial charge in [0.25, 0.3) is 0 Å². The number of nitrogens with one attached hydrogen (secondary N) is 1. The van der Waals surface area contributed by atoms with E-state index < -0.39 is 11.8 Å². The summed E-state index contributed by atoms with van der Waals surface area (Å²) >= 11 is 0. The van der Waals surface area contributed by atoms with Gasteiger partial charge in [-0.05, 0) is 61.4 Å². The van der Waals surface area contributed by atoms with Gasteiger partial charge in [0.1, 0.15) is 17.7 Å². The van der Waals surface area contributed by atoms with Crippen LogP contribution in [0.4, 0.5) is 4.39 Å². The van der Waals surface area contributed by atoms with E-state index >= 15 is 4.39 Å². The third kappa shape index (κ3) is 5.08. The first kappa shape index (κ1) is 22.8. The number of H-pyrrole nitrogens is 1. The Kier molecular flexibility index (Phi) is 6.31. The zero-order valence-electron chi connectivity index (χ0n) is 19.2. The fraction of sp³-hybridized carbons (Fsp3) is 0.308. The first-order valence-electron chi connectivity index (χ1n) is 11.5. The van der Waals surface area contributed by atoms with Gasteiger partial charge in [-0.3, -0.25) is 4.79 Å². The molecule has 35 heavy (non-hydrogen) atoms. The second-order valence-corrected chi connectivity index (χ2v) is 8.75. The molecule has 5 rings (SSSR count). The molecule has 3 aromatic heterocycles. The summed E-state index contributed by atoms with van der Waals surface area (Å²) in [6.45, 7) is 0. The van der Waals surface area contributed by atoms with Crippen molar-refractivity contribution < 1.29 is 23.8 Å². The first-order chi connectivity index (χ1) is 17.0. The second-order valence-electron chi connectivity index (χ2n) is 8.75. The molecule has 1 aliphatic rings. The molecule has 0 saturated heterocycles. The van der Waals surface area contributed by atoms with E-state index in [9.17, 15) is 4.79 Å². The summed E-state index contributed by atoms with van der Waals surface area (Å²) in [6.07, 6.45) is 5.24. The number of rotatable bonds is 7. The summed E-state index contributed by atoms with van der Waals surface area (Å²) in [5, 5.41) is 8.95. The number of carbonyl (C=O) groups is 1. The number of halogens is 1. The van der Waals surface area contributed by atoms with Crippen molar-refractivity contribution in [1.82, 2.24) is 19.9 Å². The van der Waals surface area contributed by atoms with E-state index in [4.69, 9.17) is 14.6 Å². The predicted octanol–water partition coefficient (Wildman–Crippen LogP) is 5.25. The number of aromatic nitrogens is 4. The van der Waals surface area contributed by atoms with Crippen LogP contribution in [-0.4, -0.2) is 44.2 Å². The number of nitrogens with zero attached hydrogens (tertiary/aromatic N) is 3. The van der Waals surface area contributed by atoms with E-state index in [1.807, 2.05) is 12.1 Å². The number of ether oxygens (including phenoxy) is 2. The molecule has 0 atom stereocenters. The lowest BCUT2D eigenvalue weighted by atomic mass is 9.85. The number of hydrogen-bond donors (Lipinski definition) is 2. The Morgan fingerprint density at radius 3 is 2.51 bits per heavy atom. The predicted molar refractivity (Wildman–Crippen MR) is 128 cm³/mol. The molecule has 0 bridgehead atoms. The van der Waals surface area contributed by atoms with Crippen LogP contribution in [0.1, 0.15) is 32.1 Å². The van der Waals surface area contributed by atoms with Crippen molar-refractivity contribution in [2.24, 2.45) is 5.92 Å². The minimum atomic E-state index is -0.744. The van der Waals surface area contributed by atoms with Crippen molar-refractivity contribution in [1.29, 1.82) is 0 Å². The number of benzene rings is 1. The molecule has 0 radical (unpaired) electrons. The lowest BCUT2D eigenvalue weighted by Crippen LogP contribution is -2.25. The van der Waals surface area contributed by atoms with Gasteiger partial charge in [-0.25, -0.2) is 14.4 Å². The smallest absolute Gasteiger partial charge is 0.303 e. The number of carboxylic acids is 1. The largest absolute Gasteiger partial charge is 0.481 e. The molecule has 4 aromatic rings. The highest BCUT2D eigenvalue weighted by atomic mass is 19.1. The molecule has 0 amide bonds. The van der Waals surface area contributed by atoms with Gasteiger partial charge in [-0.2, -0.15) is 4.98 Å². The van der Waals surface area contributed by atoms with Crippen LogP contribution in [0.15, 0.2) is 48.7 Å². The van der Waals surface area contributed by atoms with Crippen molar-refractivity contribution in [3.05, 3.63) is 54.5 Å². The number of carboxylic acid groups (broad SMARTS) is 1. The third-order valence-corrected chi connectivity index (χ3v) is 6.37. The fourth-order valence-corrected chi connectivity index (χ4v) is 4.50. The van der Waals surface area contributed by atoms with Crippen LogP contribution >= 0.6 is 0 Å². The zero-order chi connectivity index (χ0) is 24.4. The number of aliphatic carboxylic acids is 1. The monoisotopic (exact) mass is 476 g/mol. The minimum absolute atomic E-state index is 0.0355. The SMILES string of the molecule is COc1ccc2[nH]c(-c3ccc(-c4ccc(OC5CCC(CC(=O)O)CC5)nc4)cc3F)nc2n1. The number of methoxy groups -OCH3 is 1. The third-order valence-electron chi connectivity index (χ3n) is 6.37. The Bertz CT molecular complexity index is 1350. The van der Waals surface area contributed by atoms with Crippen molar-refractivity contribution in [2.45, 2.75) is 38.2 Å². The summed E-state index contributed by atoms with van der Waals surface area (Å²) in [6, 6.07) is 12.1. The Balaban J connectivity index is 1.26. The van der Waals surface area contributed by atoms with Crippen LogP contribution in [0.3, 0.4) is 0 Å². The number of hydrogen-bond acceptors (Lipinski definition) is 6. The van der Waals surface area contributed by atoms with Crippen molar-refractivity contribution in [3.63, 3.8) is 0 Å². The van der Waals surface area contributed by atoms with Crippen LogP contribution in [0, 0.1) is 11.7 Å². The summed E-state index contributed by atoms with van der Waals surface area (Å²) < 4.78 is 26.1. The Morgan fingerprint density at radius 1 is 1.06 bits per heavy atom. The standard InChI is InChI=1S/C26H25FN4O4/c1-34-23-11-9-21-26(30-23)31-25(29-21)19-8-4-16(13-20(19)27)17-5-10-22(28-14-17)35-18-6-2-15(3-7-18)12-24(32)33/h4-5,8-11,13-15,18H,2-3,6-7,12H2,1H3,(H,32,33)(H,29,30,31). The van der Waals surface area contributed by atoms with Gasteiger partial charge >= 0.3 is 5.97 Å². The molecule has 0 spiro atoms. The summed E-state index contributed by atoms with van der Waals surface area (Å²) in [5.41, 5.74) is 2.95. The molecular weight excluding hydrogens is 451 g/mol. The molecule has 2 N–H and O–H groups in total. The molecule has 1 saturated carbocycles. The van der Waals surface area contributed by atoms with Crippen LogP contribution in [0.5, 0.6) is 11.8 Å². The average molecular weight is 477 g/mol. The van der Waals surface area contributed by atoms with Crippen LogP contribution in [-0.2, 0) is 4.79 Å². The molecule has 3 heterocycles. The van der Waals surface area contributed by atoms with Gasteiger partial charge in [0.2, 0.25) is 11.8 Å². The normalized spacial score (nSPS) is 17.9. The highest BCUT2D eigenvalue weighted by Crippen LogP contribution is 2.31. The van der Waals surface area contributed by atoms with Crippen molar-refractivity contribution >= 4 is 17.1 Å². The van der Waals surface area contributed by atoms with Crippen molar-refractivity contribution in [2.75, 3.05) is 7.11 Å². The highest BCUT2D eigenvalue weighted by Gasteiger charge is 2.24. The summed E-state index contributed by atoms with van der Waals surface area (Å²) in [4.78, 5) is 27.0. The molecule has 8 nitrogen and oxygen atoms in total. The maximum absolute atomic E-state index is 15.0. The van der Waals surface area contributed by atoms with Gasteiger partial charge in [0.15, 0.2) is 5.65 Å². The van der Waals surface area contributed by atoms with Gasteiger partial charge in [0, 0.05) is 30.3 Å². The second kappa shape index (κ2) is 9.69. The Morgan fingerprint density at radius 2 is 1.83 bits per heavy atom. The number of fused-ring (bicyclic) bond motifs is 1. The molecule has 1 aliphatic carbocycles. The summed E-state index contributed by atoms with van der Waals surface area (Å²) in [7, 11) is 1.53. The molecule has 0 unspecified atom stereocenters. The van der Waals surface area contributed by atoms with E-state index in [0.717, 1.165) is 31.2 Å². The Hall–Kier alpha value is -4.01. The van der Waals surface area contributed by atoms with Gasteiger partial charge in [-0.15, -0.1) is 0 Å². The molecule has 180 valence electrons. The van der Waals surface area contributed by atoms with E-state index in [0.29, 0.717) is 39.9 Å². The number of imidazole rings is 1. The average Bonchev–Trinajstić information content (AvgIpc) is 3.28. The number of pyridine rings is 2.